The van der Waals surface area contributed by atoms with E-state index in [4.69, 9.17) is 0 Å². The molecule has 4 nitrogen and oxygen atoms in total. The smallest absolute Gasteiger partial charge is 0.234 e. The number of carbonyl (C=O) groups is 1. The highest BCUT2D eigenvalue weighted by atomic mass is 32.2. The van der Waals surface area contributed by atoms with Gasteiger partial charge in [0, 0.05) is 4.90 Å². The quantitative estimate of drug-likeness (QED) is 0.690. The van der Waals surface area contributed by atoms with Crippen molar-refractivity contribution < 1.29 is 4.79 Å². The van der Waals surface area contributed by atoms with Crippen LogP contribution < -0.4 is 5.32 Å². The predicted molar refractivity (Wildman–Crippen MR) is 102 cm³/mol. The maximum Gasteiger partial charge on any atom is 0.234 e. The molecular formula is C18H19N3OS2. The summed E-state index contributed by atoms with van der Waals surface area (Å²) in [6, 6.07) is 7.83. The minimum Gasteiger partial charge on any atom is -0.323 e. The topological polar surface area (TPSA) is 54.9 Å². The molecule has 6 heteroatoms. The molecule has 0 fully saturated rings. The molecule has 0 aliphatic heterocycles. The van der Waals surface area contributed by atoms with Crippen LogP contribution >= 0.6 is 23.5 Å². The number of rotatable bonds is 4. The molecule has 0 atom stereocenters. The molecule has 0 aliphatic rings. The molecular weight excluding hydrogens is 338 g/mol. The highest BCUT2D eigenvalue weighted by Gasteiger charge is 2.13. The van der Waals surface area contributed by atoms with Crippen molar-refractivity contribution in [2.45, 2.75) is 32.6 Å². The zero-order chi connectivity index (χ0) is 17.3. The first-order valence-corrected chi connectivity index (χ1v) is 9.40. The van der Waals surface area contributed by atoms with Gasteiger partial charge in [0.25, 0.3) is 0 Å². The number of aryl methyl sites for hydroxylation is 2. The van der Waals surface area contributed by atoms with Gasteiger partial charge in [-0.2, -0.15) is 8.75 Å². The first-order valence-electron chi connectivity index (χ1n) is 7.68. The van der Waals surface area contributed by atoms with Crippen LogP contribution in [0.4, 0.5) is 5.69 Å². The summed E-state index contributed by atoms with van der Waals surface area (Å²) in [4.78, 5) is 13.6. The number of hydrogen-bond donors (Lipinski definition) is 1. The molecule has 1 heterocycles. The second kappa shape index (κ2) is 6.91. The van der Waals surface area contributed by atoms with E-state index in [2.05, 4.69) is 47.8 Å². The van der Waals surface area contributed by atoms with Crippen molar-refractivity contribution in [3.63, 3.8) is 0 Å². The Kier molecular flexibility index (Phi) is 4.87. The van der Waals surface area contributed by atoms with E-state index < -0.39 is 0 Å². The van der Waals surface area contributed by atoms with E-state index in [1.54, 1.807) is 11.8 Å². The number of benzene rings is 2. The Labute approximate surface area is 150 Å². The molecule has 0 spiro atoms. The fourth-order valence-corrected chi connectivity index (χ4v) is 4.28. The van der Waals surface area contributed by atoms with Gasteiger partial charge in [0.1, 0.15) is 11.0 Å². The van der Waals surface area contributed by atoms with Crippen LogP contribution in [-0.2, 0) is 4.79 Å². The number of aromatic nitrogens is 2. The molecule has 0 unspecified atom stereocenters. The first kappa shape index (κ1) is 16.9. The lowest BCUT2D eigenvalue weighted by atomic mass is 10.0. The van der Waals surface area contributed by atoms with Gasteiger partial charge in [-0.1, -0.05) is 12.1 Å². The van der Waals surface area contributed by atoms with E-state index >= 15 is 0 Å². The molecule has 124 valence electrons. The summed E-state index contributed by atoms with van der Waals surface area (Å²) in [7, 11) is 0. The van der Waals surface area contributed by atoms with Crippen molar-refractivity contribution in [3.8, 4) is 0 Å². The molecule has 2 aromatic carbocycles. The molecule has 24 heavy (non-hydrogen) atoms. The number of nitrogens with one attached hydrogen (secondary N) is 1. The summed E-state index contributed by atoms with van der Waals surface area (Å²) in [5, 5.41) is 2.95. The lowest BCUT2D eigenvalue weighted by Gasteiger charge is -2.14. The number of fused-ring (bicyclic) bond motifs is 1. The number of anilines is 1. The van der Waals surface area contributed by atoms with Gasteiger partial charge in [0.05, 0.1) is 23.2 Å². The Balaban J connectivity index is 1.74. The van der Waals surface area contributed by atoms with Crippen molar-refractivity contribution in [2.75, 3.05) is 11.1 Å². The Morgan fingerprint density at radius 3 is 2.54 bits per heavy atom. The van der Waals surface area contributed by atoms with Crippen LogP contribution in [0.1, 0.15) is 22.3 Å². The average molecular weight is 358 g/mol. The normalized spacial score (nSPS) is 11.0. The zero-order valence-electron chi connectivity index (χ0n) is 14.1. The molecule has 1 N–H and O–H groups in total. The van der Waals surface area contributed by atoms with Crippen molar-refractivity contribution in [1.29, 1.82) is 0 Å². The molecule has 3 aromatic rings. The van der Waals surface area contributed by atoms with Gasteiger partial charge in [-0.15, -0.1) is 11.8 Å². The summed E-state index contributed by atoms with van der Waals surface area (Å²) in [5.41, 5.74) is 7.31. The highest BCUT2D eigenvalue weighted by molar-refractivity contribution is 8.00. The maximum absolute atomic E-state index is 12.4. The summed E-state index contributed by atoms with van der Waals surface area (Å²) < 4.78 is 8.45. The monoisotopic (exact) mass is 357 g/mol. The number of thioether (sulfide) groups is 1. The number of carbonyl (C=O) groups excluding carboxylic acids is 1. The molecule has 0 saturated carbocycles. The molecule has 0 radical (unpaired) electrons. The van der Waals surface area contributed by atoms with Gasteiger partial charge in [-0.25, -0.2) is 0 Å². The fourth-order valence-electron chi connectivity index (χ4n) is 2.63. The zero-order valence-corrected chi connectivity index (χ0v) is 15.8. The van der Waals surface area contributed by atoms with E-state index in [0.29, 0.717) is 5.75 Å². The van der Waals surface area contributed by atoms with Gasteiger partial charge in [-0.05, 0) is 62.1 Å². The summed E-state index contributed by atoms with van der Waals surface area (Å²) >= 11 is 2.75. The minimum absolute atomic E-state index is 0.0292. The Morgan fingerprint density at radius 2 is 1.83 bits per heavy atom. The van der Waals surface area contributed by atoms with Gasteiger partial charge in [-0.3, -0.25) is 4.79 Å². The van der Waals surface area contributed by atoms with Crippen molar-refractivity contribution in [3.05, 3.63) is 46.5 Å². The highest BCUT2D eigenvalue weighted by Crippen LogP contribution is 2.31. The lowest BCUT2D eigenvalue weighted by molar-refractivity contribution is -0.113. The third-order valence-electron chi connectivity index (χ3n) is 4.20. The lowest BCUT2D eigenvalue weighted by Crippen LogP contribution is -2.14. The fraction of sp³-hybridized carbons (Fsp3) is 0.278. The molecule has 1 aromatic heterocycles. The third-order valence-corrected chi connectivity index (χ3v) is 6.06. The molecule has 0 aliphatic carbocycles. The van der Waals surface area contributed by atoms with Crippen molar-refractivity contribution in [2.24, 2.45) is 0 Å². The molecule has 3 rings (SSSR count). The van der Waals surface area contributed by atoms with Gasteiger partial charge in [0.2, 0.25) is 5.91 Å². The third kappa shape index (κ3) is 3.30. The van der Waals surface area contributed by atoms with E-state index in [1.165, 1.54) is 27.1 Å². The largest absolute Gasteiger partial charge is 0.323 e. The van der Waals surface area contributed by atoms with Crippen LogP contribution in [0.3, 0.4) is 0 Å². The predicted octanol–water partition coefficient (Wildman–Crippen LogP) is 4.66. The van der Waals surface area contributed by atoms with E-state index in [9.17, 15) is 4.79 Å². The minimum atomic E-state index is -0.0292. The SMILES string of the molecule is Cc1cc(C)c(C)c(SCC(=O)Nc2cccc3nsnc23)c1C. The van der Waals surface area contributed by atoms with Crippen molar-refractivity contribution >= 4 is 46.1 Å². The Bertz CT molecular complexity index is 892. The summed E-state index contributed by atoms with van der Waals surface area (Å²) in [6.07, 6.45) is 0. The van der Waals surface area contributed by atoms with Crippen LogP contribution in [0, 0.1) is 27.7 Å². The van der Waals surface area contributed by atoms with Crippen LogP contribution in [0.25, 0.3) is 11.0 Å². The Hall–Kier alpha value is -1.92. The van der Waals surface area contributed by atoms with Gasteiger partial charge < -0.3 is 5.32 Å². The number of nitrogens with zero attached hydrogens (tertiary/aromatic N) is 2. The van der Waals surface area contributed by atoms with Crippen molar-refractivity contribution in [1.82, 2.24) is 8.75 Å². The van der Waals surface area contributed by atoms with Crippen LogP contribution in [0.15, 0.2) is 29.2 Å². The molecule has 0 bridgehead atoms. The first-order chi connectivity index (χ1) is 11.5. The van der Waals surface area contributed by atoms with Crippen LogP contribution in [0.5, 0.6) is 0 Å². The second-order valence-electron chi connectivity index (χ2n) is 5.86. The van der Waals surface area contributed by atoms with Crippen LogP contribution in [0.2, 0.25) is 0 Å². The average Bonchev–Trinajstić information content (AvgIpc) is 3.03. The summed E-state index contributed by atoms with van der Waals surface area (Å²) in [5.74, 6) is 0.344. The van der Waals surface area contributed by atoms with Crippen LogP contribution in [-0.4, -0.2) is 20.4 Å². The Morgan fingerprint density at radius 1 is 1.12 bits per heavy atom. The van der Waals surface area contributed by atoms with E-state index in [-0.39, 0.29) is 5.91 Å². The van der Waals surface area contributed by atoms with E-state index in [0.717, 1.165) is 28.4 Å². The number of hydrogen-bond acceptors (Lipinski definition) is 5. The molecule has 1 amide bonds. The van der Waals surface area contributed by atoms with E-state index in [1.807, 2.05) is 18.2 Å². The standard InChI is InChI=1S/C18H19N3OS2/c1-10-8-11(2)13(4)18(12(10)3)23-9-16(22)19-14-6-5-7-15-17(14)21-24-20-15/h5-8H,9H2,1-4H3,(H,19,22). The molecule has 0 saturated heterocycles. The summed E-state index contributed by atoms with van der Waals surface area (Å²) in [6.45, 7) is 8.46. The second-order valence-corrected chi connectivity index (χ2v) is 7.38. The maximum atomic E-state index is 12.4. The van der Waals surface area contributed by atoms with Gasteiger partial charge in [0.15, 0.2) is 0 Å². The number of amides is 1. The van der Waals surface area contributed by atoms with Gasteiger partial charge >= 0.3 is 0 Å².